The Labute approximate surface area is 177 Å². The number of nitrogens with zero attached hydrogens (tertiary/aromatic N) is 4. The molecule has 0 bridgehead atoms. The fraction of sp³-hybridized carbons (Fsp3) is 0.333. The van der Waals surface area contributed by atoms with E-state index < -0.39 is 4.92 Å². The van der Waals surface area contributed by atoms with E-state index in [1.165, 1.54) is 34.5 Å². The monoisotopic (exact) mass is 426 g/mol. The van der Waals surface area contributed by atoms with E-state index in [2.05, 4.69) is 30.0 Å². The molecule has 8 nitrogen and oxygen atoms in total. The number of anilines is 1. The van der Waals surface area contributed by atoms with Gasteiger partial charge in [-0.25, -0.2) is 4.98 Å². The molecule has 30 heavy (non-hydrogen) atoms. The summed E-state index contributed by atoms with van der Waals surface area (Å²) in [6, 6.07) is 12.1. The van der Waals surface area contributed by atoms with Crippen molar-refractivity contribution in [2.24, 2.45) is 0 Å². The van der Waals surface area contributed by atoms with Crippen molar-refractivity contribution in [1.82, 2.24) is 9.88 Å². The second-order valence-corrected chi connectivity index (χ2v) is 8.07. The summed E-state index contributed by atoms with van der Waals surface area (Å²) in [7, 11) is 0. The number of aryl methyl sites for hydroxylation is 1. The van der Waals surface area contributed by atoms with E-state index in [4.69, 9.17) is 9.72 Å². The molecule has 0 N–H and O–H groups in total. The molecule has 3 aromatic rings. The number of hydrogen-bond acceptors (Lipinski definition) is 7. The molecule has 156 valence electrons. The van der Waals surface area contributed by atoms with Crippen LogP contribution < -0.4 is 9.64 Å². The van der Waals surface area contributed by atoms with Crippen LogP contribution in [-0.2, 0) is 11.2 Å². The lowest BCUT2D eigenvalue weighted by Crippen LogP contribution is -2.50. The minimum Gasteiger partial charge on any atom is -0.484 e. The molecule has 1 aliphatic rings. The summed E-state index contributed by atoms with van der Waals surface area (Å²) in [4.78, 5) is 31.4. The van der Waals surface area contributed by atoms with Gasteiger partial charge in [0.05, 0.1) is 15.1 Å². The Bertz CT molecular complexity index is 1060. The number of nitro benzene ring substituents is 1. The molecule has 2 aromatic carbocycles. The largest absolute Gasteiger partial charge is 0.484 e. The van der Waals surface area contributed by atoms with Gasteiger partial charge >= 0.3 is 0 Å². The first-order valence-corrected chi connectivity index (χ1v) is 10.6. The van der Waals surface area contributed by atoms with Gasteiger partial charge in [-0.05, 0) is 36.2 Å². The second kappa shape index (κ2) is 8.66. The van der Waals surface area contributed by atoms with Gasteiger partial charge in [0.1, 0.15) is 5.75 Å². The average molecular weight is 426 g/mol. The van der Waals surface area contributed by atoms with Crippen molar-refractivity contribution in [3.05, 3.63) is 58.1 Å². The van der Waals surface area contributed by atoms with Crippen LogP contribution in [-0.4, -0.2) is 53.5 Å². The van der Waals surface area contributed by atoms with E-state index in [0.29, 0.717) is 18.8 Å². The molecule has 1 amide bonds. The zero-order valence-corrected chi connectivity index (χ0v) is 17.4. The fourth-order valence-electron chi connectivity index (χ4n) is 3.36. The predicted molar refractivity (Wildman–Crippen MR) is 116 cm³/mol. The highest BCUT2D eigenvalue weighted by molar-refractivity contribution is 7.22. The van der Waals surface area contributed by atoms with Gasteiger partial charge in [-0.15, -0.1) is 0 Å². The number of rotatable bonds is 6. The topological polar surface area (TPSA) is 88.8 Å². The van der Waals surface area contributed by atoms with Gasteiger partial charge < -0.3 is 14.5 Å². The number of carbonyl (C=O) groups is 1. The zero-order chi connectivity index (χ0) is 21.1. The van der Waals surface area contributed by atoms with Crippen LogP contribution in [0, 0.1) is 10.1 Å². The van der Waals surface area contributed by atoms with Crippen LogP contribution in [0.1, 0.15) is 12.5 Å². The summed E-state index contributed by atoms with van der Waals surface area (Å²) in [5.41, 5.74) is 2.31. The Hall–Kier alpha value is -3.20. The zero-order valence-electron chi connectivity index (χ0n) is 16.6. The molecule has 0 unspecified atom stereocenters. The number of ether oxygens (including phenoxy) is 1. The molecular weight excluding hydrogens is 404 g/mol. The number of nitro groups is 1. The van der Waals surface area contributed by atoms with Crippen LogP contribution in [0.3, 0.4) is 0 Å². The van der Waals surface area contributed by atoms with Crippen LogP contribution >= 0.6 is 11.3 Å². The van der Waals surface area contributed by atoms with Crippen molar-refractivity contribution in [3.8, 4) is 5.75 Å². The molecule has 4 rings (SSSR count). The maximum absolute atomic E-state index is 12.5. The van der Waals surface area contributed by atoms with Gasteiger partial charge in [0.2, 0.25) is 0 Å². The Balaban J connectivity index is 1.30. The van der Waals surface area contributed by atoms with Gasteiger partial charge in [-0.2, -0.15) is 0 Å². The number of benzene rings is 2. The number of hydrogen-bond donors (Lipinski definition) is 0. The van der Waals surface area contributed by atoms with Crippen molar-refractivity contribution in [1.29, 1.82) is 0 Å². The highest BCUT2D eigenvalue weighted by Crippen LogP contribution is 2.30. The van der Waals surface area contributed by atoms with Gasteiger partial charge in [0.25, 0.3) is 11.6 Å². The third-order valence-corrected chi connectivity index (χ3v) is 6.24. The van der Waals surface area contributed by atoms with E-state index >= 15 is 0 Å². The first-order chi connectivity index (χ1) is 14.5. The molecule has 0 radical (unpaired) electrons. The van der Waals surface area contributed by atoms with Crippen LogP contribution in [0.4, 0.5) is 10.8 Å². The van der Waals surface area contributed by atoms with Crippen molar-refractivity contribution < 1.29 is 14.5 Å². The number of fused-ring (bicyclic) bond motifs is 1. The van der Waals surface area contributed by atoms with Gasteiger partial charge in [0.15, 0.2) is 11.7 Å². The van der Waals surface area contributed by atoms with Crippen LogP contribution in [0.5, 0.6) is 5.75 Å². The number of carbonyl (C=O) groups excluding carboxylic acids is 1. The first-order valence-electron chi connectivity index (χ1n) is 9.83. The van der Waals surface area contributed by atoms with Crippen molar-refractivity contribution in [2.45, 2.75) is 13.3 Å². The quantitative estimate of drug-likeness (QED) is 0.443. The lowest BCUT2D eigenvalue weighted by atomic mass is 10.2. The van der Waals surface area contributed by atoms with E-state index in [-0.39, 0.29) is 18.2 Å². The van der Waals surface area contributed by atoms with Crippen LogP contribution in [0.15, 0.2) is 42.5 Å². The average Bonchev–Trinajstić information content (AvgIpc) is 3.21. The number of thiazole rings is 1. The van der Waals surface area contributed by atoms with Gasteiger partial charge in [-0.3, -0.25) is 14.9 Å². The van der Waals surface area contributed by atoms with Gasteiger partial charge in [0, 0.05) is 38.3 Å². The van der Waals surface area contributed by atoms with Crippen molar-refractivity contribution >= 4 is 38.3 Å². The standard InChI is InChI=1S/C21H22N4O4S/c1-2-15-3-8-18-19(13-15)30-21(22-18)24-11-9-23(10-12-24)20(26)14-29-17-6-4-16(5-7-17)25(27)28/h3-8,13H,2,9-12,14H2,1H3. The van der Waals surface area contributed by atoms with Crippen LogP contribution in [0.2, 0.25) is 0 Å². The minimum atomic E-state index is -0.470. The number of aromatic nitrogens is 1. The molecule has 0 saturated carbocycles. The second-order valence-electron chi connectivity index (χ2n) is 7.06. The normalized spacial score (nSPS) is 14.2. The lowest BCUT2D eigenvalue weighted by Gasteiger charge is -2.34. The molecule has 1 fully saturated rings. The SMILES string of the molecule is CCc1ccc2nc(N3CCN(C(=O)COc4ccc([N+](=O)[O-])cc4)CC3)sc2c1. The molecular formula is C21H22N4O4S. The summed E-state index contributed by atoms with van der Waals surface area (Å²) in [5, 5.41) is 11.7. The summed E-state index contributed by atoms with van der Waals surface area (Å²) >= 11 is 1.69. The fourth-order valence-corrected chi connectivity index (χ4v) is 4.44. The van der Waals surface area contributed by atoms with E-state index in [0.717, 1.165) is 30.2 Å². The summed E-state index contributed by atoms with van der Waals surface area (Å²) in [6.07, 6.45) is 1.01. The Morgan fingerprint density at radius 1 is 1.17 bits per heavy atom. The van der Waals surface area contributed by atoms with Crippen molar-refractivity contribution in [2.75, 3.05) is 37.7 Å². The maximum Gasteiger partial charge on any atom is 0.269 e. The number of piperazine rings is 1. The maximum atomic E-state index is 12.5. The molecule has 9 heteroatoms. The van der Waals surface area contributed by atoms with E-state index in [1.807, 2.05) is 0 Å². The van der Waals surface area contributed by atoms with E-state index in [1.54, 1.807) is 16.2 Å². The summed E-state index contributed by atoms with van der Waals surface area (Å²) in [6.45, 7) is 4.73. The molecule has 0 aliphatic carbocycles. The third kappa shape index (κ3) is 4.35. The molecule has 1 saturated heterocycles. The Morgan fingerprint density at radius 2 is 1.90 bits per heavy atom. The minimum absolute atomic E-state index is 0.00874. The van der Waals surface area contributed by atoms with Crippen LogP contribution in [0.25, 0.3) is 10.2 Å². The predicted octanol–water partition coefficient (Wildman–Crippen LogP) is 3.49. The van der Waals surface area contributed by atoms with Gasteiger partial charge in [-0.1, -0.05) is 24.3 Å². The highest BCUT2D eigenvalue weighted by Gasteiger charge is 2.23. The smallest absolute Gasteiger partial charge is 0.269 e. The first kappa shape index (κ1) is 20.1. The molecule has 1 aliphatic heterocycles. The Morgan fingerprint density at radius 3 is 2.57 bits per heavy atom. The number of amides is 1. The lowest BCUT2D eigenvalue weighted by molar-refractivity contribution is -0.384. The molecule has 1 aromatic heterocycles. The highest BCUT2D eigenvalue weighted by atomic mass is 32.1. The molecule has 0 spiro atoms. The molecule has 2 heterocycles. The summed E-state index contributed by atoms with van der Waals surface area (Å²) in [5.74, 6) is 0.346. The van der Waals surface area contributed by atoms with Crippen molar-refractivity contribution in [3.63, 3.8) is 0 Å². The van der Waals surface area contributed by atoms with E-state index in [9.17, 15) is 14.9 Å². The number of non-ortho nitro benzene ring substituents is 1. The molecule has 0 atom stereocenters. The third-order valence-electron chi connectivity index (χ3n) is 5.16. The Kier molecular flexibility index (Phi) is 5.80. The summed E-state index contributed by atoms with van der Waals surface area (Å²) < 4.78 is 6.69.